The maximum absolute atomic E-state index is 14.2. The first kappa shape index (κ1) is 32.5. The van der Waals surface area contributed by atoms with Crippen molar-refractivity contribution in [1.29, 1.82) is 0 Å². The van der Waals surface area contributed by atoms with Gasteiger partial charge in [-0.1, -0.05) is 55.0 Å². The molecule has 3 aromatic rings. The molecule has 0 saturated heterocycles. The number of ether oxygens (including phenoxy) is 2. The topological polar surface area (TPSA) is 105 Å². The van der Waals surface area contributed by atoms with Crippen LogP contribution in [0.4, 0.5) is 5.69 Å². The highest BCUT2D eigenvalue weighted by Gasteiger charge is 2.35. The quantitative estimate of drug-likeness (QED) is 0.318. The number of benzene rings is 3. The van der Waals surface area contributed by atoms with Crippen LogP contribution in [0, 0.1) is 6.92 Å². The van der Waals surface area contributed by atoms with Gasteiger partial charge in [-0.25, -0.2) is 8.42 Å². The van der Waals surface area contributed by atoms with Gasteiger partial charge in [-0.2, -0.15) is 0 Å². The summed E-state index contributed by atoms with van der Waals surface area (Å²) < 4.78 is 39.9. The number of nitrogens with one attached hydrogen (secondary N) is 1. The summed E-state index contributed by atoms with van der Waals surface area (Å²) in [5.41, 5.74) is 1.63. The van der Waals surface area contributed by atoms with Gasteiger partial charge in [0.25, 0.3) is 10.0 Å². The highest BCUT2D eigenvalue weighted by Crippen LogP contribution is 2.32. The maximum atomic E-state index is 14.2. The van der Waals surface area contributed by atoms with Crippen LogP contribution in [0.25, 0.3) is 0 Å². The monoisotopic (exact) mass is 595 g/mol. The normalized spacial score (nSPS) is 12.3. The average molecular weight is 596 g/mol. The van der Waals surface area contributed by atoms with Gasteiger partial charge in [-0.15, -0.1) is 0 Å². The highest BCUT2D eigenvalue weighted by atomic mass is 32.2. The molecule has 3 aromatic carbocycles. The zero-order chi connectivity index (χ0) is 31.1. The summed E-state index contributed by atoms with van der Waals surface area (Å²) in [4.78, 5) is 29.0. The van der Waals surface area contributed by atoms with E-state index in [0.717, 1.165) is 15.4 Å². The molecule has 0 unspecified atom stereocenters. The summed E-state index contributed by atoms with van der Waals surface area (Å²) in [7, 11) is -1.37. The Hall–Kier alpha value is -4.05. The van der Waals surface area contributed by atoms with E-state index >= 15 is 0 Å². The number of anilines is 1. The van der Waals surface area contributed by atoms with E-state index in [9.17, 15) is 18.0 Å². The van der Waals surface area contributed by atoms with Gasteiger partial charge in [-0.05, 0) is 63.9 Å². The van der Waals surface area contributed by atoms with Crippen LogP contribution in [0.5, 0.6) is 11.5 Å². The molecule has 0 spiro atoms. The van der Waals surface area contributed by atoms with Crippen LogP contribution in [0.15, 0.2) is 77.7 Å². The Kier molecular flexibility index (Phi) is 10.6. The number of carbonyl (C=O) groups is 2. The second kappa shape index (κ2) is 13.7. The van der Waals surface area contributed by atoms with Gasteiger partial charge in [0, 0.05) is 18.2 Å². The molecule has 3 rings (SSSR count). The first-order chi connectivity index (χ1) is 19.8. The molecule has 9 nitrogen and oxygen atoms in total. The van der Waals surface area contributed by atoms with Crippen molar-refractivity contribution >= 4 is 27.5 Å². The number of carbonyl (C=O) groups excluding carboxylic acids is 2. The molecule has 0 aliphatic heterocycles. The molecule has 0 bridgehead atoms. The van der Waals surface area contributed by atoms with Gasteiger partial charge in [0.15, 0.2) is 11.5 Å². The van der Waals surface area contributed by atoms with Gasteiger partial charge in [0.2, 0.25) is 11.8 Å². The van der Waals surface area contributed by atoms with Crippen molar-refractivity contribution in [3.05, 3.63) is 83.9 Å². The van der Waals surface area contributed by atoms with Crippen LogP contribution in [0.2, 0.25) is 0 Å². The van der Waals surface area contributed by atoms with Crippen LogP contribution in [0.3, 0.4) is 0 Å². The fourth-order valence-corrected chi connectivity index (χ4v) is 6.04. The van der Waals surface area contributed by atoms with E-state index in [-0.39, 0.29) is 23.1 Å². The van der Waals surface area contributed by atoms with Crippen LogP contribution >= 0.6 is 0 Å². The van der Waals surface area contributed by atoms with E-state index < -0.39 is 34.1 Å². The molecule has 0 heterocycles. The zero-order valence-electron chi connectivity index (χ0n) is 25.4. The molecule has 1 N–H and O–H groups in total. The van der Waals surface area contributed by atoms with Gasteiger partial charge in [0.05, 0.1) is 24.8 Å². The second-order valence-corrected chi connectivity index (χ2v) is 12.9. The summed E-state index contributed by atoms with van der Waals surface area (Å²) >= 11 is 0. The Labute approximate surface area is 249 Å². The second-order valence-electron chi connectivity index (χ2n) is 11.0. The Morgan fingerprint density at radius 1 is 0.905 bits per heavy atom. The van der Waals surface area contributed by atoms with Crippen molar-refractivity contribution in [3.63, 3.8) is 0 Å². The number of aryl methyl sites for hydroxylation is 1. The van der Waals surface area contributed by atoms with E-state index in [1.165, 1.54) is 37.3 Å². The minimum atomic E-state index is -4.25. The summed E-state index contributed by atoms with van der Waals surface area (Å²) in [6.45, 7) is 9.01. The molecule has 0 aromatic heterocycles. The van der Waals surface area contributed by atoms with E-state index in [1.807, 2.05) is 58.9 Å². The first-order valence-electron chi connectivity index (χ1n) is 13.8. The standard InChI is InChI=1S/C32H41N3O6S/c1-8-27(31(37)33-32(3,4)5)34(21-24-14-12-13-23(2)19-24)30(36)22-35(25-15-10-9-11-16-25)42(38,39)26-17-18-28(40-6)29(20-26)41-7/h9-20,27H,8,21-22H2,1-7H3,(H,33,37)/t27-/m0/s1. The zero-order valence-corrected chi connectivity index (χ0v) is 26.2. The minimum Gasteiger partial charge on any atom is -0.493 e. The smallest absolute Gasteiger partial charge is 0.264 e. The highest BCUT2D eigenvalue weighted by molar-refractivity contribution is 7.92. The van der Waals surface area contributed by atoms with Crippen molar-refractivity contribution in [2.45, 2.75) is 64.1 Å². The van der Waals surface area contributed by atoms with E-state index in [0.29, 0.717) is 17.9 Å². The largest absolute Gasteiger partial charge is 0.493 e. The Morgan fingerprint density at radius 3 is 2.14 bits per heavy atom. The summed E-state index contributed by atoms with van der Waals surface area (Å²) in [5, 5.41) is 2.98. The summed E-state index contributed by atoms with van der Waals surface area (Å²) in [6, 6.07) is 19.6. The van der Waals surface area contributed by atoms with Crippen molar-refractivity contribution in [3.8, 4) is 11.5 Å². The fourth-order valence-electron chi connectivity index (χ4n) is 4.61. The third-order valence-corrected chi connectivity index (χ3v) is 8.36. The van der Waals surface area contributed by atoms with Crippen LogP contribution in [-0.4, -0.2) is 57.5 Å². The molecule has 0 saturated carbocycles. The van der Waals surface area contributed by atoms with Crippen molar-refractivity contribution in [2.24, 2.45) is 0 Å². The lowest BCUT2D eigenvalue weighted by molar-refractivity contribution is -0.141. The number of methoxy groups -OCH3 is 2. The third kappa shape index (κ3) is 8.03. The number of hydrogen-bond donors (Lipinski definition) is 1. The SMILES string of the molecule is CC[C@@H](C(=O)NC(C)(C)C)N(Cc1cccc(C)c1)C(=O)CN(c1ccccc1)S(=O)(=O)c1ccc(OC)c(OC)c1. The molecular formula is C32H41N3O6S. The number of rotatable bonds is 12. The van der Waals surface area contributed by atoms with Crippen molar-refractivity contribution in [1.82, 2.24) is 10.2 Å². The molecule has 2 amide bonds. The van der Waals surface area contributed by atoms with Crippen molar-refractivity contribution in [2.75, 3.05) is 25.1 Å². The Balaban J connectivity index is 2.09. The molecule has 0 fully saturated rings. The number of sulfonamides is 1. The summed E-state index contributed by atoms with van der Waals surface area (Å²) in [6.07, 6.45) is 0.341. The molecule has 10 heteroatoms. The van der Waals surface area contributed by atoms with Crippen LogP contribution in [0.1, 0.15) is 45.2 Å². The van der Waals surface area contributed by atoms with E-state index in [1.54, 1.807) is 30.3 Å². The molecular weight excluding hydrogens is 554 g/mol. The molecule has 1 atom stereocenters. The van der Waals surface area contributed by atoms with Crippen LogP contribution < -0.4 is 19.1 Å². The Bertz CT molecular complexity index is 1490. The van der Waals surface area contributed by atoms with Gasteiger partial charge >= 0.3 is 0 Å². The van der Waals surface area contributed by atoms with Gasteiger partial charge in [-0.3, -0.25) is 13.9 Å². The predicted molar refractivity (Wildman–Crippen MR) is 164 cm³/mol. The minimum absolute atomic E-state index is 0.0699. The lowest BCUT2D eigenvalue weighted by Crippen LogP contribution is -2.55. The Morgan fingerprint density at radius 2 is 1.57 bits per heavy atom. The number of para-hydroxylation sites is 1. The number of amides is 2. The third-order valence-electron chi connectivity index (χ3n) is 6.59. The number of hydrogen-bond acceptors (Lipinski definition) is 6. The predicted octanol–water partition coefficient (Wildman–Crippen LogP) is 4.93. The van der Waals surface area contributed by atoms with Gasteiger partial charge < -0.3 is 19.7 Å². The lowest BCUT2D eigenvalue weighted by Gasteiger charge is -2.34. The van der Waals surface area contributed by atoms with E-state index in [4.69, 9.17) is 9.47 Å². The van der Waals surface area contributed by atoms with E-state index in [2.05, 4.69) is 5.32 Å². The molecule has 226 valence electrons. The molecule has 0 aliphatic carbocycles. The molecule has 0 radical (unpaired) electrons. The van der Waals surface area contributed by atoms with Gasteiger partial charge in [0.1, 0.15) is 12.6 Å². The van der Waals surface area contributed by atoms with Crippen LogP contribution in [-0.2, 0) is 26.2 Å². The number of nitrogens with zero attached hydrogens (tertiary/aromatic N) is 2. The average Bonchev–Trinajstić information content (AvgIpc) is 2.94. The first-order valence-corrected chi connectivity index (χ1v) is 15.2. The molecule has 0 aliphatic rings. The fraction of sp³-hybridized carbons (Fsp3) is 0.375. The summed E-state index contributed by atoms with van der Waals surface area (Å²) in [5.74, 6) is -0.206. The molecule has 42 heavy (non-hydrogen) atoms. The maximum Gasteiger partial charge on any atom is 0.264 e. The lowest BCUT2D eigenvalue weighted by atomic mass is 10.0. The van der Waals surface area contributed by atoms with Crippen molar-refractivity contribution < 1.29 is 27.5 Å².